The number of nitrogens with zero attached hydrogens (tertiary/aromatic N) is 1. The first-order valence-electron chi connectivity index (χ1n) is 9.24. The van der Waals surface area contributed by atoms with Gasteiger partial charge in [-0.15, -0.1) is 0 Å². The monoisotopic (exact) mass is 425 g/mol. The fraction of sp³-hybridized carbons (Fsp3) is 0.136. The molecule has 0 aliphatic carbocycles. The standard InChI is InChI=1S/C22H23N3O4S/c1-28-19-7-9-20(10-8-19)30(26,27)25-22-18(3-2-4-21(22)29-16-13-23)6-5-17-11-14-24-15-12-17/h2-12,14-15,25H,13,16,23H2,1H3/b6-5+. The lowest BCUT2D eigenvalue weighted by molar-refractivity contribution is 0.330. The van der Waals surface area contributed by atoms with E-state index in [0.717, 1.165) is 5.56 Å². The van der Waals surface area contributed by atoms with Crippen molar-refractivity contribution in [3.63, 3.8) is 0 Å². The van der Waals surface area contributed by atoms with Gasteiger partial charge in [0, 0.05) is 24.5 Å². The third kappa shape index (κ3) is 5.37. The predicted octanol–water partition coefficient (Wildman–Crippen LogP) is 3.40. The Labute approximate surface area is 176 Å². The van der Waals surface area contributed by atoms with Crippen LogP contribution in [0.5, 0.6) is 11.5 Å². The van der Waals surface area contributed by atoms with Gasteiger partial charge in [0.25, 0.3) is 10.0 Å². The number of methoxy groups -OCH3 is 1. The van der Waals surface area contributed by atoms with E-state index in [1.54, 1.807) is 42.7 Å². The Morgan fingerprint density at radius 3 is 2.43 bits per heavy atom. The molecule has 0 amide bonds. The Kier molecular flexibility index (Phi) is 7.05. The van der Waals surface area contributed by atoms with E-state index < -0.39 is 10.0 Å². The summed E-state index contributed by atoms with van der Waals surface area (Å²) in [5, 5.41) is 0. The second-order valence-electron chi connectivity index (χ2n) is 6.25. The summed E-state index contributed by atoms with van der Waals surface area (Å²) < 4.78 is 39.4. The summed E-state index contributed by atoms with van der Waals surface area (Å²) >= 11 is 0. The van der Waals surface area contributed by atoms with Crippen LogP contribution >= 0.6 is 0 Å². The van der Waals surface area contributed by atoms with Crippen molar-refractivity contribution in [1.29, 1.82) is 0 Å². The van der Waals surface area contributed by atoms with E-state index >= 15 is 0 Å². The lowest BCUT2D eigenvalue weighted by Gasteiger charge is -2.16. The molecular weight excluding hydrogens is 402 g/mol. The largest absolute Gasteiger partial charge is 0.497 e. The fourth-order valence-electron chi connectivity index (χ4n) is 2.69. The lowest BCUT2D eigenvalue weighted by Crippen LogP contribution is -2.16. The topological polar surface area (TPSA) is 104 Å². The summed E-state index contributed by atoms with van der Waals surface area (Å²) in [6.45, 7) is 0.566. The zero-order valence-electron chi connectivity index (χ0n) is 16.5. The van der Waals surface area contributed by atoms with Crippen molar-refractivity contribution in [1.82, 2.24) is 4.98 Å². The summed E-state index contributed by atoms with van der Waals surface area (Å²) in [5.74, 6) is 0.969. The van der Waals surface area contributed by atoms with Crippen LogP contribution < -0.4 is 19.9 Å². The van der Waals surface area contributed by atoms with E-state index in [1.165, 1.54) is 19.2 Å². The molecule has 30 heavy (non-hydrogen) atoms. The van der Waals surface area contributed by atoms with Crippen molar-refractivity contribution >= 4 is 27.9 Å². The van der Waals surface area contributed by atoms with Crippen LogP contribution in [0.25, 0.3) is 12.2 Å². The molecule has 0 radical (unpaired) electrons. The SMILES string of the molecule is COc1ccc(S(=O)(=O)Nc2c(/C=C/c3ccncc3)cccc2OCCN)cc1. The minimum absolute atomic E-state index is 0.112. The highest BCUT2D eigenvalue weighted by Gasteiger charge is 2.19. The van der Waals surface area contributed by atoms with E-state index in [9.17, 15) is 8.42 Å². The van der Waals surface area contributed by atoms with E-state index in [4.69, 9.17) is 15.2 Å². The molecule has 0 saturated heterocycles. The van der Waals surface area contributed by atoms with Crippen molar-refractivity contribution in [3.05, 3.63) is 78.1 Å². The number of hydrogen-bond donors (Lipinski definition) is 2. The first-order chi connectivity index (χ1) is 14.5. The number of ether oxygens (including phenoxy) is 2. The summed E-state index contributed by atoms with van der Waals surface area (Å²) in [6, 6.07) is 15.2. The zero-order valence-corrected chi connectivity index (χ0v) is 17.3. The zero-order chi connectivity index (χ0) is 21.4. The van der Waals surface area contributed by atoms with Crippen LogP contribution in [0.4, 0.5) is 5.69 Å². The summed E-state index contributed by atoms with van der Waals surface area (Å²) in [7, 11) is -2.33. The van der Waals surface area contributed by atoms with Crippen LogP contribution in [-0.4, -0.2) is 33.7 Å². The molecule has 3 N–H and O–H groups in total. The molecule has 0 aliphatic rings. The highest BCUT2D eigenvalue weighted by Crippen LogP contribution is 2.32. The molecule has 3 aromatic rings. The number of nitrogens with two attached hydrogens (primary N) is 1. The first-order valence-corrected chi connectivity index (χ1v) is 10.7. The van der Waals surface area contributed by atoms with Gasteiger partial charge in [-0.1, -0.05) is 24.3 Å². The van der Waals surface area contributed by atoms with E-state index in [2.05, 4.69) is 9.71 Å². The van der Waals surface area contributed by atoms with Crippen LogP contribution in [0, 0.1) is 0 Å². The Bertz CT molecular complexity index is 1100. The van der Waals surface area contributed by atoms with Crippen molar-refractivity contribution in [2.24, 2.45) is 5.73 Å². The van der Waals surface area contributed by atoms with Crippen molar-refractivity contribution in [3.8, 4) is 11.5 Å². The lowest BCUT2D eigenvalue weighted by atomic mass is 10.1. The number of hydrogen-bond acceptors (Lipinski definition) is 6. The number of pyridine rings is 1. The van der Waals surface area contributed by atoms with Gasteiger partial charge in [-0.05, 0) is 48.0 Å². The predicted molar refractivity (Wildman–Crippen MR) is 118 cm³/mol. The second kappa shape index (κ2) is 9.91. The number of benzene rings is 2. The quantitative estimate of drug-likeness (QED) is 0.545. The van der Waals surface area contributed by atoms with Crippen LogP contribution in [0.2, 0.25) is 0 Å². The number of para-hydroxylation sites is 1. The number of sulfonamides is 1. The summed E-state index contributed by atoms with van der Waals surface area (Å²) in [5.41, 5.74) is 7.47. The number of aromatic nitrogens is 1. The van der Waals surface area contributed by atoms with Crippen LogP contribution in [0.15, 0.2) is 71.9 Å². The minimum Gasteiger partial charge on any atom is -0.497 e. The molecule has 3 rings (SSSR count). The molecule has 2 aromatic carbocycles. The second-order valence-corrected chi connectivity index (χ2v) is 7.93. The molecule has 156 valence electrons. The van der Waals surface area contributed by atoms with Gasteiger partial charge in [0.2, 0.25) is 0 Å². The van der Waals surface area contributed by atoms with Crippen molar-refractivity contribution < 1.29 is 17.9 Å². The molecule has 8 heteroatoms. The summed E-state index contributed by atoms with van der Waals surface area (Å²) in [4.78, 5) is 4.11. The van der Waals surface area contributed by atoms with Crippen LogP contribution in [-0.2, 0) is 10.0 Å². The van der Waals surface area contributed by atoms with Gasteiger partial charge in [0.1, 0.15) is 18.1 Å². The fourth-order valence-corrected chi connectivity index (χ4v) is 3.79. The maximum absolute atomic E-state index is 13.0. The van der Waals surface area contributed by atoms with Gasteiger partial charge in [-0.25, -0.2) is 8.42 Å². The molecule has 0 aliphatic heterocycles. The van der Waals surface area contributed by atoms with E-state index in [0.29, 0.717) is 29.3 Å². The number of nitrogens with one attached hydrogen (secondary N) is 1. The maximum Gasteiger partial charge on any atom is 0.262 e. The van der Waals surface area contributed by atoms with Gasteiger partial charge < -0.3 is 15.2 Å². The molecule has 1 heterocycles. The van der Waals surface area contributed by atoms with Gasteiger partial charge in [0.15, 0.2) is 0 Å². The molecule has 0 spiro atoms. The van der Waals surface area contributed by atoms with Crippen molar-refractivity contribution in [2.45, 2.75) is 4.90 Å². The molecule has 0 unspecified atom stereocenters. The molecule has 0 fully saturated rings. The van der Waals surface area contributed by atoms with Gasteiger partial charge >= 0.3 is 0 Å². The van der Waals surface area contributed by atoms with E-state index in [1.807, 2.05) is 24.3 Å². The molecular formula is C22H23N3O4S. The molecule has 0 atom stereocenters. The highest BCUT2D eigenvalue weighted by molar-refractivity contribution is 7.92. The Morgan fingerprint density at radius 1 is 1.03 bits per heavy atom. The number of anilines is 1. The maximum atomic E-state index is 13.0. The minimum atomic E-state index is -3.85. The smallest absolute Gasteiger partial charge is 0.262 e. The first kappa shape index (κ1) is 21.4. The third-order valence-electron chi connectivity index (χ3n) is 4.20. The average molecular weight is 426 g/mol. The molecule has 0 saturated carbocycles. The highest BCUT2D eigenvalue weighted by atomic mass is 32.2. The van der Waals surface area contributed by atoms with Crippen LogP contribution in [0.3, 0.4) is 0 Å². The normalized spacial score (nSPS) is 11.4. The van der Waals surface area contributed by atoms with Gasteiger partial charge in [-0.2, -0.15) is 0 Å². The van der Waals surface area contributed by atoms with Gasteiger partial charge in [-0.3, -0.25) is 9.71 Å². The van der Waals surface area contributed by atoms with Gasteiger partial charge in [0.05, 0.1) is 17.7 Å². The molecule has 7 nitrogen and oxygen atoms in total. The number of rotatable bonds is 9. The van der Waals surface area contributed by atoms with E-state index in [-0.39, 0.29) is 11.5 Å². The third-order valence-corrected chi connectivity index (χ3v) is 5.57. The summed E-state index contributed by atoms with van der Waals surface area (Å²) in [6.07, 6.45) is 7.06. The van der Waals surface area contributed by atoms with Crippen molar-refractivity contribution in [2.75, 3.05) is 25.0 Å². The average Bonchev–Trinajstić information content (AvgIpc) is 2.78. The Morgan fingerprint density at radius 2 is 1.77 bits per heavy atom. The Balaban J connectivity index is 1.98. The Hall–Kier alpha value is -3.36. The molecule has 1 aromatic heterocycles. The van der Waals surface area contributed by atoms with Crippen LogP contribution in [0.1, 0.15) is 11.1 Å². The molecule has 0 bridgehead atoms.